The standard InChI is InChI=1S/C19H18FNO4/c1-2-5-18(23)21-14-10-8-13(9-11-14)17(22)12-25-19(24)15-6-3-4-7-16(15)20/h3-4,6-11H,2,5,12H2,1H3,(H,21,23). The fourth-order valence-electron chi connectivity index (χ4n) is 2.11. The molecule has 1 amide bonds. The molecule has 0 aliphatic rings. The summed E-state index contributed by atoms with van der Waals surface area (Å²) >= 11 is 0. The summed E-state index contributed by atoms with van der Waals surface area (Å²) in [4.78, 5) is 35.3. The number of rotatable bonds is 7. The number of ether oxygens (including phenoxy) is 1. The zero-order valence-electron chi connectivity index (χ0n) is 13.8. The number of benzene rings is 2. The van der Waals surface area contributed by atoms with E-state index in [-0.39, 0.29) is 11.5 Å². The maximum absolute atomic E-state index is 13.5. The van der Waals surface area contributed by atoms with E-state index in [1.165, 1.54) is 30.3 Å². The summed E-state index contributed by atoms with van der Waals surface area (Å²) in [5, 5.41) is 2.71. The molecule has 1 N–H and O–H groups in total. The molecule has 0 radical (unpaired) electrons. The first-order chi connectivity index (χ1) is 12.0. The zero-order valence-corrected chi connectivity index (χ0v) is 13.8. The second-order valence-electron chi connectivity index (χ2n) is 5.35. The number of halogens is 1. The van der Waals surface area contributed by atoms with Gasteiger partial charge in [0, 0.05) is 17.7 Å². The van der Waals surface area contributed by atoms with E-state index < -0.39 is 24.2 Å². The van der Waals surface area contributed by atoms with Crippen molar-refractivity contribution in [3.63, 3.8) is 0 Å². The van der Waals surface area contributed by atoms with E-state index in [2.05, 4.69) is 5.32 Å². The molecule has 2 aromatic carbocycles. The van der Waals surface area contributed by atoms with Crippen molar-refractivity contribution in [3.05, 3.63) is 65.5 Å². The number of ketones is 1. The van der Waals surface area contributed by atoms with Crippen LogP contribution in [0.3, 0.4) is 0 Å². The van der Waals surface area contributed by atoms with Gasteiger partial charge in [-0.05, 0) is 42.8 Å². The first-order valence-electron chi connectivity index (χ1n) is 7.86. The summed E-state index contributed by atoms with van der Waals surface area (Å²) in [6.07, 6.45) is 1.17. The van der Waals surface area contributed by atoms with Gasteiger partial charge in [-0.1, -0.05) is 19.1 Å². The summed E-state index contributed by atoms with van der Waals surface area (Å²) in [7, 11) is 0. The highest BCUT2D eigenvalue weighted by molar-refractivity contribution is 6.00. The van der Waals surface area contributed by atoms with E-state index in [1.54, 1.807) is 12.1 Å². The molecule has 0 bridgehead atoms. The summed E-state index contributed by atoms with van der Waals surface area (Å²) < 4.78 is 18.3. The van der Waals surface area contributed by atoms with Crippen LogP contribution in [0.15, 0.2) is 48.5 Å². The molecule has 130 valence electrons. The van der Waals surface area contributed by atoms with Gasteiger partial charge in [-0.2, -0.15) is 0 Å². The van der Waals surface area contributed by atoms with Crippen LogP contribution in [0.4, 0.5) is 10.1 Å². The van der Waals surface area contributed by atoms with Gasteiger partial charge in [0.25, 0.3) is 0 Å². The number of hydrogen-bond donors (Lipinski definition) is 1. The fraction of sp³-hybridized carbons (Fsp3) is 0.211. The van der Waals surface area contributed by atoms with Crippen LogP contribution < -0.4 is 5.32 Å². The molecule has 2 rings (SSSR count). The van der Waals surface area contributed by atoms with E-state index in [1.807, 2.05) is 6.92 Å². The maximum Gasteiger partial charge on any atom is 0.341 e. The molecule has 0 saturated carbocycles. The highest BCUT2D eigenvalue weighted by Gasteiger charge is 2.15. The van der Waals surface area contributed by atoms with E-state index >= 15 is 0 Å². The molecule has 0 aliphatic heterocycles. The van der Waals surface area contributed by atoms with Gasteiger partial charge in [0.15, 0.2) is 12.4 Å². The minimum Gasteiger partial charge on any atom is -0.454 e. The Morgan fingerprint density at radius 1 is 1.04 bits per heavy atom. The lowest BCUT2D eigenvalue weighted by Crippen LogP contribution is -2.15. The average molecular weight is 343 g/mol. The van der Waals surface area contributed by atoms with Gasteiger partial charge in [0.2, 0.25) is 5.91 Å². The molecule has 0 aromatic heterocycles. The van der Waals surface area contributed by atoms with Crippen LogP contribution in [0.5, 0.6) is 0 Å². The molecule has 2 aromatic rings. The Kier molecular flexibility index (Phi) is 6.39. The van der Waals surface area contributed by atoms with Crippen molar-refractivity contribution in [2.75, 3.05) is 11.9 Å². The van der Waals surface area contributed by atoms with Crippen molar-refractivity contribution in [2.45, 2.75) is 19.8 Å². The van der Waals surface area contributed by atoms with Crippen LogP contribution in [0.2, 0.25) is 0 Å². The summed E-state index contributed by atoms with van der Waals surface area (Å²) in [5.74, 6) is -2.11. The average Bonchev–Trinajstić information content (AvgIpc) is 2.60. The maximum atomic E-state index is 13.5. The highest BCUT2D eigenvalue weighted by Crippen LogP contribution is 2.12. The number of nitrogens with one attached hydrogen (secondary N) is 1. The third-order valence-corrected chi connectivity index (χ3v) is 3.40. The summed E-state index contributed by atoms with van der Waals surface area (Å²) in [6.45, 7) is 1.42. The first kappa shape index (κ1) is 18.3. The number of Topliss-reactive ketones (excluding diaryl/α,β-unsaturated/α-hetero) is 1. The predicted molar refractivity (Wildman–Crippen MR) is 91.0 cm³/mol. The van der Waals surface area contributed by atoms with E-state index in [0.717, 1.165) is 12.5 Å². The summed E-state index contributed by atoms with van der Waals surface area (Å²) in [5.41, 5.74) is 0.692. The van der Waals surface area contributed by atoms with Gasteiger partial charge < -0.3 is 10.1 Å². The molecule has 0 atom stereocenters. The topological polar surface area (TPSA) is 72.5 Å². The predicted octanol–water partition coefficient (Wildman–Crippen LogP) is 3.60. The molecular weight excluding hydrogens is 325 g/mol. The number of hydrogen-bond acceptors (Lipinski definition) is 4. The van der Waals surface area contributed by atoms with E-state index in [0.29, 0.717) is 17.7 Å². The molecule has 0 heterocycles. The smallest absolute Gasteiger partial charge is 0.341 e. The van der Waals surface area contributed by atoms with E-state index in [9.17, 15) is 18.8 Å². The molecule has 0 spiro atoms. The second kappa shape index (κ2) is 8.73. The normalized spacial score (nSPS) is 10.2. The Labute approximate surface area is 144 Å². The minimum atomic E-state index is -0.894. The monoisotopic (exact) mass is 343 g/mol. The Hall–Kier alpha value is -3.02. The zero-order chi connectivity index (χ0) is 18.2. The Morgan fingerprint density at radius 2 is 1.72 bits per heavy atom. The van der Waals surface area contributed by atoms with Gasteiger partial charge in [0.1, 0.15) is 5.82 Å². The van der Waals surface area contributed by atoms with Crippen LogP contribution in [0.1, 0.15) is 40.5 Å². The van der Waals surface area contributed by atoms with Gasteiger partial charge in [0.05, 0.1) is 5.56 Å². The number of anilines is 1. The number of amides is 1. The van der Waals surface area contributed by atoms with Gasteiger partial charge >= 0.3 is 5.97 Å². The lowest BCUT2D eigenvalue weighted by molar-refractivity contribution is -0.116. The lowest BCUT2D eigenvalue weighted by Gasteiger charge is -2.07. The molecular formula is C19H18FNO4. The summed E-state index contributed by atoms with van der Waals surface area (Å²) in [6, 6.07) is 11.6. The van der Waals surface area contributed by atoms with Crippen molar-refractivity contribution in [1.29, 1.82) is 0 Å². The number of carbonyl (C=O) groups excluding carboxylic acids is 3. The molecule has 0 saturated heterocycles. The minimum absolute atomic E-state index is 0.0969. The molecule has 6 heteroatoms. The second-order valence-corrected chi connectivity index (χ2v) is 5.35. The molecule has 0 fully saturated rings. The third-order valence-electron chi connectivity index (χ3n) is 3.40. The molecule has 5 nitrogen and oxygen atoms in total. The van der Waals surface area contributed by atoms with Gasteiger partial charge in [-0.15, -0.1) is 0 Å². The van der Waals surface area contributed by atoms with Crippen molar-refractivity contribution in [3.8, 4) is 0 Å². The highest BCUT2D eigenvalue weighted by atomic mass is 19.1. The van der Waals surface area contributed by atoms with Crippen molar-refractivity contribution < 1.29 is 23.5 Å². The lowest BCUT2D eigenvalue weighted by atomic mass is 10.1. The van der Waals surface area contributed by atoms with Crippen LogP contribution in [0, 0.1) is 5.82 Å². The van der Waals surface area contributed by atoms with E-state index in [4.69, 9.17) is 4.74 Å². The van der Waals surface area contributed by atoms with Gasteiger partial charge in [-0.25, -0.2) is 9.18 Å². The van der Waals surface area contributed by atoms with Crippen LogP contribution >= 0.6 is 0 Å². The van der Waals surface area contributed by atoms with Crippen molar-refractivity contribution >= 4 is 23.3 Å². The number of esters is 1. The van der Waals surface area contributed by atoms with Crippen LogP contribution in [-0.2, 0) is 9.53 Å². The first-order valence-corrected chi connectivity index (χ1v) is 7.86. The Bertz CT molecular complexity index is 771. The largest absolute Gasteiger partial charge is 0.454 e. The van der Waals surface area contributed by atoms with Gasteiger partial charge in [-0.3, -0.25) is 9.59 Å². The molecule has 0 aliphatic carbocycles. The third kappa shape index (κ3) is 5.24. The SMILES string of the molecule is CCCC(=O)Nc1ccc(C(=O)COC(=O)c2ccccc2F)cc1. The van der Waals surface area contributed by atoms with Crippen molar-refractivity contribution in [2.24, 2.45) is 0 Å². The molecule has 25 heavy (non-hydrogen) atoms. The van der Waals surface area contributed by atoms with Crippen LogP contribution in [0.25, 0.3) is 0 Å². The van der Waals surface area contributed by atoms with Crippen molar-refractivity contribution in [1.82, 2.24) is 0 Å². The molecule has 0 unspecified atom stereocenters. The quantitative estimate of drug-likeness (QED) is 0.616. The Balaban J connectivity index is 1.91. The van der Waals surface area contributed by atoms with Crippen LogP contribution in [-0.4, -0.2) is 24.3 Å². The Morgan fingerprint density at radius 3 is 2.36 bits per heavy atom. The fourth-order valence-corrected chi connectivity index (χ4v) is 2.11. The number of carbonyl (C=O) groups is 3.